The zero-order valence-corrected chi connectivity index (χ0v) is 22.3. The average molecular weight is 529 g/mol. The largest absolute Gasteiger partial charge is 0.337 e. The third-order valence-electron chi connectivity index (χ3n) is 7.14. The summed E-state index contributed by atoms with van der Waals surface area (Å²) in [6.45, 7) is 4.13. The van der Waals surface area contributed by atoms with Crippen LogP contribution in [0.1, 0.15) is 28.4 Å². The molecule has 3 heterocycles. The molecule has 0 unspecified atom stereocenters. The number of hydrogen-bond donors (Lipinski definition) is 1. The van der Waals surface area contributed by atoms with E-state index in [9.17, 15) is 0 Å². The fourth-order valence-corrected chi connectivity index (χ4v) is 5.41. The van der Waals surface area contributed by atoms with Gasteiger partial charge in [-0.05, 0) is 67.9 Å². The smallest absolute Gasteiger partial charge is 0.179 e. The molecule has 0 spiro atoms. The highest BCUT2D eigenvalue weighted by Crippen LogP contribution is 2.48. The second kappa shape index (κ2) is 9.26. The summed E-state index contributed by atoms with van der Waals surface area (Å²) in [7, 11) is 0. The topological polar surface area (TPSA) is 57.8 Å². The first-order valence-corrected chi connectivity index (χ1v) is 13.2. The monoisotopic (exact) mass is 528 g/mol. The van der Waals surface area contributed by atoms with Gasteiger partial charge in [-0.25, -0.2) is 14.7 Å². The number of halogens is 1. The maximum absolute atomic E-state index is 6.33. The maximum atomic E-state index is 6.33. The minimum atomic E-state index is -0.186. The van der Waals surface area contributed by atoms with Crippen molar-refractivity contribution in [3.8, 4) is 5.69 Å². The van der Waals surface area contributed by atoms with Gasteiger partial charge in [-0.2, -0.15) is 5.10 Å². The number of fused-ring (bicyclic) bond motifs is 4. The highest BCUT2D eigenvalue weighted by molar-refractivity contribution is 6.51. The number of aliphatic imine (C=N–C) groups is 2. The van der Waals surface area contributed by atoms with Gasteiger partial charge in [-0.3, -0.25) is 0 Å². The van der Waals surface area contributed by atoms with Crippen LogP contribution < -0.4 is 10.2 Å². The summed E-state index contributed by atoms with van der Waals surface area (Å²) >= 11 is 6.33. The van der Waals surface area contributed by atoms with E-state index in [0.717, 1.165) is 51.2 Å². The molecule has 1 atom stereocenters. The first kappa shape index (κ1) is 23.4. The Labute approximate surface area is 231 Å². The van der Waals surface area contributed by atoms with Crippen molar-refractivity contribution in [2.45, 2.75) is 19.9 Å². The molecule has 6 nitrogen and oxygen atoms in total. The Balaban J connectivity index is 1.49. The number of nitrogens with one attached hydrogen (secondary N) is 1. The van der Waals surface area contributed by atoms with Gasteiger partial charge in [0.05, 0.1) is 28.8 Å². The predicted molar refractivity (Wildman–Crippen MR) is 160 cm³/mol. The highest BCUT2D eigenvalue weighted by Gasteiger charge is 2.41. The van der Waals surface area contributed by atoms with Gasteiger partial charge in [0.15, 0.2) is 17.5 Å². The molecule has 5 aromatic rings. The van der Waals surface area contributed by atoms with Crippen LogP contribution in [0.3, 0.4) is 0 Å². The molecule has 2 aliphatic rings. The van der Waals surface area contributed by atoms with E-state index in [1.165, 1.54) is 5.56 Å². The fourth-order valence-electron chi connectivity index (χ4n) is 5.28. The SMILES string of the molecule is Cc1ccc(NC2=Nc3ccccc3N3C2=Nc2c(c(C)nn2-c2ccccc2)[C@H]3c2ccc(Cl)cc2)cc1. The lowest BCUT2D eigenvalue weighted by Crippen LogP contribution is -2.46. The Morgan fingerprint density at radius 3 is 2.26 bits per heavy atom. The van der Waals surface area contributed by atoms with Crippen molar-refractivity contribution in [2.24, 2.45) is 9.98 Å². The van der Waals surface area contributed by atoms with Crippen molar-refractivity contribution in [3.63, 3.8) is 0 Å². The van der Waals surface area contributed by atoms with Gasteiger partial charge in [0.1, 0.15) is 0 Å². The number of amidine groups is 2. The number of aromatic nitrogens is 2. The van der Waals surface area contributed by atoms with Crippen molar-refractivity contribution in [3.05, 3.63) is 131 Å². The molecule has 0 amide bonds. The molecule has 0 radical (unpaired) electrons. The van der Waals surface area contributed by atoms with E-state index < -0.39 is 0 Å². The molecule has 0 fully saturated rings. The summed E-state index contributed by atoms with van der Waals surface area (Å²) in [4.78, 5) is 12.6. The van der Waals surface area contributed by atoms with Crippen LogP contribution in [-0.4, -0.2) is 21.5 Å². The molecule has 2 aliphatic heterocycles. The van der Waals surface area contributed by atoms with Crippen LogP contribution in [0, 0.1) is 13.8 Å². The van der Waals surface area contributed by atoms with E-state index in [2.05, 4.69) is 66.5 Å². The number of rotatable bonds is 3. The number of hydrogen-bond acceptors (Lipinski definition) is 5. The summed E-state index contributed by atoms with van der Waals surface area (Å²) in [6.07, 6.45) is 0. The van der Waals surface area contributed by atoms with E-state index in [-0.39, 0.29) is 6.04 Å². The number of aryl methyl sites for hydroxylation is 2. The summed E-state index contributed by atoms with van der Waals surface area (Å²) in [6, 6.07) is 34.5. The lowest BCUT2D eigenvalue weighted by molar-refractivity contribution is 0.815. The molecule has 7 heteroatoms. The Bertz CT molecular complexity index is 1750. The van der Waals surface area contributed by atoms with E-state index in [1.54, 1.807) is 0 Å². The van der Waals surface area contributed by atoms with Gasteiger partial charge >= 0.3 is 0 Å². The maximum Gasteiger partial charge on any atom is 0.179 e. The van der Waals surface area contributed by atoms with Crippen LogP contribution in [0.4, 0.5) is 22.9 Å². The van der Waals surface area contributed by atoms with E-state index in [0.29, 0.717) is 10.9 Å². The molecule has 0 saturated carbocycles. The number of para-hydroxylation sites is 3. The van der Waals surface area contributed by atoms with Crippen molar-refractivity contribution in [2.75, 3.05) is 10.2 Å². The van der Waals surface area contributed by atoms with Crippen LogP contribution >= 0.6 is 11.6 Å². The standard InChI is InChI=1S/C32H25ClN6/c1-20-12-18-24(19-13-20)34-30-32-36-31-28(21(2)37-39(31)25-8-4-3-5-9-25)29(22-14-16-23(33)17-15-22)38(32)27-11-7-6-10-26(27)35-30/h3-19,29H,1-2H3,(H,34,35)/t29-/m1/s1. The van der Waals surface area contributed by atoms with E-state index in [4.69, 9.17) is 26.7 Å². The molecule has 39 heavy (non-hydrogen) atoms. The Kier molecular flexibility index (Phi) is 5.56. The lowest BCUT2D eigenvalue weighted by atomic mass is 9.93. The lowest BCUT2D eigenvalue weighted by Gasteiger charge is -2.40. The summed E-state index contributed by atoms with van der Waals surface area (Å²) < 4.78 is 1.93. The second-order valence-electron chi connectivity index (χ2n) is 9.77. The van der Waals surface area contributed by atoms with Gasteiger partial charge in [-0.1, -0.05) is 71.8 Å². The number of anilines is 2. The van der Waals surface area contributed by atoms with Crippen LogP contribution in [0.15, 0.2) is 113 Å². The minimum absolute atomic E-state index is 0.186. The van der Waals surface area contributed by atoms with Gasteiger partial charge in [0.2, 0.25) is 0 Å². The van der Waals surface area contributed by atoms with Crippen LogP contribution in [0.2, 0.25) is 5.02 Å². The first-order valence-electron chi connectivity index (χ1n) is 12.9. The minimum Gasteiger partial charge on any atom is -0.337 e. The molecular weight excluding hydrogens is 504 g/mol. The van der Waals surface area contributed by atoms with Crippen molar-refractivity contribution < 1.29 is 0 Å². The fraction of sp³-hybridized carbons (Fsp3) is 0.0938. The van der Waals surface area contributed by atoms with Gasteiger partial charge in [0, 0.05) is 16.3 Å². The van der Waals surface area contributed by atoms with E-state index >= 15 is 0 Å². The highest BCUT2D eigenvalue weighted by atomic mass is 35.5. The Hall–Kier alpha value is -4.68. The summed E-state index contributed by atoms with van der Waals surface area (Å²) in [5, 5.41) is 9.23. The van der Waals surface area contributed by atoms with Gasteiger partial charge in [-0.15, -0.1) is 0 Å². The zero-order valence-electron chi connectivity index (χ0n) is 21.5. The average Bonchev–Trinajstić information content (AvgIpc) is 3.30. The molecule has 190 valence electrons. The molecule has 0 bridgehead atoms. The normalized spacial score (nSPS) is 15.6. The summed E-state index contributed by atoms with van der Waals surface area (Å²) in [5.41, 5.74) is 8.03. The molecule has 4 aromatic carbocycles. The third-order valence-corrected chi connectivity index (χ3v) is 7.39. The van der Waals surface area contributed by atoms with Crippen molar-refractivity contribution >= 4 is 46.2 Å². The summed E-state index contributed by atoms with van der Waals surface area (Å²) in [5.74, 6) is 2.21. The number of nitrogens with zero attached hydrogens (tertiary/aromatic N) is 5. The molecule has 1 N–H and O–H groups in total. The molecular formula is C32H25ClN6. The van der Waals surface area contributed by atoms with Gasteiger partial charge < -0.3 is 10.2 Å². The predicted octanol–water partition coefficient (Wildman–Crippen LogP) is 7.94. The molecule has 0 saturated heterocycles. The van der Waals surface area contributed by atoms with E-state index in [1.807, 2.05) is 65.3 Å². The van der Waals surface area contributed by atoms with Gasteiger partial charge in [0.25, 0.3) is 0 Å². The molecule has 7 rings (SSSR count). The third kappa shape index (κ3) is 4.01. The quantitative estimate of drug-likeness (QED) is 0.258. The number of benzene rings is 4. The van der Waals surface area contributed by atoms with Crippen molar-refractivity contribution in [1.29, 1.82) is 0 Å². The zero-order chi connectivity index (χ0) is 26.5. The second-order valence-corrected chi connectivity index (χ2v) is 10.2. The van der Waals surface area contributed by atoms with Crippen LogP contribution in [0.5, 0.6) is 0 Å². The first-order chi connectivity index (χ1) is 19.1. The Morgan fingerprint density at radius 2 is 1.49 bits per heavy atom. The molecule has 1 aromatic heterocycles. The Morgan fingerprint density at radius 1 is 0.769 bits per heavy atom. The van der Waals surface area contributed by atoms with Crippen molar-refractivity contribution in [1.82, 2.24) is 9.78 Å². The van der Waals surface area contributed by atoms with Crippen LogP contribution in [-0.2, 0) is 0 Å². The molecule has 0 aliphatic carbocycles. The van der Waals surface area contributed by atoms with Crippen LogP contribution in [0.25, 0.3) is 5.69 Å².